The number of aromatic nitrogens is 2. The molecule has 1 aliphatic rings. The highest BCUT2D eigenvalue weighted by atomic mass is 16.3. The summed E-state index contributed by atoms with van der Waals surface area (Å²) in [5, 5.41) is 11.3. The molecule has 6 nitrogen and oxygen atoms in total. The van der Waals surface area contributed by atoms with E-state index in [1.807, 2.05) is 43.3 Å². The van der Waals surface area contributed by atoms with Crippen molar-refractivity contribution in [2.45, 2.75) is 25.9 Å². The van der Waals surface area contributed by atoms with Gasteiger partial charge in [0.25, 0.3) is 5.91 Å². The minimum atomic E-state index is -0.624. The highest BCUT2D eigenvalue weighted by Crippen LogP contribution is 2.30. The molecule has 2 N–H and O–H groups in total. The maximum absolute atomic E-state index is 13.1. The molecule has 1 atom stereocenters. The number of benzene rings is 1. The van der Waals surface area contributed by atoms with Crippen molar-refractivity contribution in [1.82, 2.24) is 14.9 Å². The molecule has 0 bridgehead atoms. The number of hydrogen-bond donors (Lipinski definition) is 2. The lowest BCUT2D eigenvalue weighted by atomic mass is 9.89. The van der Waals surface area contributed by atoms with Crippen LogP contribution in [0, 0.1) is 12.8 Å². The Balaban J connectivity index is 1.53. The predicted octanol–water partition coefficient (Wildman–Crippen LogP) is 2.82. The Hall–Kier alpha value is -2.99. The molecular formula is C22H23N3O3. The van der Waals surface area contributed by atoms with E-state index < -0.39 is 6.10 Å². The molecular weight excluding hydrogens is 354 g/mol. The lowest BCUT2D eigenvalue weighted by molar-refractivity contribution is 0.0448. The number of likely N-dealkylation sites (tertiary alicyclic amines) is 1. The zero-order chi connectivity index (χ0) is 19.7. The van der Waals surface area contributed by atoms with Gasteiger partial charge >= 0.3 is 0 Å². The third-order valence-corrected chi connectivity index (χ3v) is 5.49. The van der Waals surface area contributed by atoms with Crippen molar-refractivity contribution >= 4 is 16.8 Å². The van der Waals surface area contributed by atoms with Crippen molar-refractivity contribution in [2.24, 2.45) is 5.92 Å². The molecule has 0 spiro atoms. The van der Waals surface area contributed by atoms with Crippen LogP contribution in [0.25, 0.3) is 10.9 Å². The van der Waals surface area contributed by atoms with Gasteiger partial charge in [0.15, 0.2) is 0 Å². The number of nitrogens with zero attached hydrogens (tertiary/aromatic N) is 2. The van der Waals surface area contributed by atoms with E-state index in [0.29, 0.717) is 42.7 Å². The van der Waals surface area contributed by atoms with Crippen molar-refractivity contribution in [1.29, 1.82) is 0 Å². The molecule has 1 fully saturated rings. The number of aromatic amines is 1. The molecule has 1 aromatic carbocycles. The standard InChI is InChI=1S/C22H23N3O3/c1-14-5-6-18-16(12-14)17(13-20(26)24-18)22(28)25-10-7-15(8-11-25)21(27)19-4-2-3-9-23-19/h2-6,9,12-13,15,21,27H,7-8,10-11H2,1H3,(H,24,26)/t21-/m0/s1. The van der Waals surface area contributed by atoms with E-state index in [0.717, 1.165) is 10.9 Å². The fourth-order valence-corrected chi connectivity index (χ4v) is 3.93. The third-order valence-electron chi connectivity index (χ3n) is 5.49. The Kier molecular flexibility index (Phi) is 4.96. The van der Waals surface area contributed by atoms with Crippen LogP contribution in [-0.2, 0) is 0 Å². The van der Waals surface area contributed by atoms with Gasteiger partial charge in [0.2, 0.25) is 5.56 Å². The van der Waals surface area contributed by atoms with E-state index >= 15 is 0 Å². The van der Waals surface area contributed by atoms with E-state index in [1.165, 1.54) is 6.07 Å². The van der Waals surface area contributed by atoms with Gasteiger partial charge in [-0.15, -0.1) is 0 Å². The third kappa shape index (κ3) is 3.55. The molecule has 0 radical (unpaired) electrons. The molecule has 4 rings (SSSR count). The van der Waals surface area contributed by atoms with Gasteiger partial charge in [-0.25, -0.2) is 0 Å². The Morgan fingerprint density at radius 1 is 1.21 bits per heavy atom. The summed E-state index contributed by atoms with van der Waals surface area (Å²) in [5.41, 5.74) is 2.53. The molecule has 3 aromatic rings. The van der Waals surface area contributed by atoms with Gasteiger partial charge in [0, 0.05) is 36.3 Å². The monoisotopic (exact) mass is 377 g/mol. The Morgan fingerprint density at radius 3 is 2.71 bits per heavy atom. The SMILES string of the molecule is Cc1ccc2[nH]c(=O)cc(C(=O)N3CCC([C@H](O)c4ccccn4)CC3)c2c1. The second-order valence-electron chi connectivity index (χ2n) is 7.43. The second-order valence-corrected chi connectivity index (χ2v) is 7.43. The van der Waals surface area contributed by atoms with Crippen LogP contribution < -0.4 is 5.56 Å². The number of aliphatic hydroxyl groups is 1. The van der Waals surface area contributed by atoms with Gasteiger partial charge in [-0.05, 0) is 49.9 Å². The van der Waals surface area contributed by atoms with Crippen molar-refractivity contribution in [3.8, 4) is 0 Å². The first-order valence-corrected chi connectivity index (χ1v) is 9.55. The lowest BCUT2D eigenvalue weighted by Crippen LogP contribution is -2.40. The first-order valence-electron chi connectivity index (χ1n) is 9.55. The van der Waals surface area contributed by atoms with Crippen molar-refractivity contribution in [3.05, 3.63) is 75.8 Å². The number of piperidine rings is 1. The number of aryl methyl sites for hydroxylation is 1. The topological polar surface area (TPSA) is 86.3 Å². The number of nitrogens with one attached hydrogen (secondary N) is 1. The van der Waals surface area contributed by atoms with Crippen LogP contribution in [0.3, 0.4) is 0 Å². The zero-order valence-corrected chi connectivity index (χ0v) is 15.8. The number of carbonyl (C=O) groups is 1. The quantitative estimate of drug-likeness (QED) is 0.735. The summed E-state index contributed by atoms with van der Waals surface area (Å²) in [6, 6.07) is 12.6. The number of pyridine rings is 2. The summed E-state index contributed by atoms with van der Waals surface area (Å²) in [7, 11) is 0. The first kappa shape index (κ1) is 18.4. The molecule has 1 aliphatic heterocycles. The number of rotatable bonds is 3. The summed E-state index contributed by atoms with van der Waals surface area (Å²) in [6.45, 7) is 3.06. The summed E-state index contributed by atoms with van der Waals surface area (Å²) in [6.07, 6.45) is 2.45. The van der Waals surface area contributed by atoms with Crippen LogP contribution in [0.15, 0.2) is 53.5 Å². The number of aliphatic hydroxyl groups excluding tert-OH is 1. The molecule has 0 aliphatic carbocycles. The van der Waals surface area contributed by atoms with E-state index in [9.17, 15) is 14.7 Å². The van der Waals surface area contributed by atoms with Gasteiger partial charge in [-0.1, -0.05) is 17.7 Å². The van der Waals surface area contributed by atoms with Crippen molar-refractivity contribution < 1.29 is 9.90 Å². The molecule has 144 valence electrons. The smallest absolute Gasteiger partial charge is 0.254 e. The first-order chi connectivity index (χ1) is 13.5. The van der Waals surface area contributed by atoms with Gasteiger partial charge < -0.3 is 15.0 Å². The summed E-state index contributed by atoms with van der Waals surface area (Å²) < 4.78 is 0. The Morgan fingerprint density at radius 2 is 2.00 bits per heavy atom. The van der Waals surface area contributed by atoms with Crippen molar-refractivity contribution in [2.75, 3.05) is 13.1 Å². The van der Waals surface area contributed by atoms with Crippen LogP contribution in [0.2, 0.25) is 0 Å². The molecule has 2 aromatic heterocycles. The van der Waals surface area contributed by atoms with Crippen LogP contribution >= 0.6 is 0 Å². The lowest BCUT2D eigenvalue weighted by Gasteiger charge is -2.34. The molecule has 0 saturated carbocycles. The van der Waals surface area contributed by atoms with Gasteiger partial charge in [0.05, 0.1) is 17.4 Å². The van der Waals surface area contributed by atoms with E-state index in [4.69, 9.17) is 0 Å². The highest BCUT2D eigenvalue weighted by molar-refractivity contribution is 6.06. The average Bonchev–Trinajstić information content (AvgIpc) is 2.73. The zero-order valence-electron chi connectivity index (χ0n) is 15.8. The molecule has 3 heterocycles. The minimum Gasteiger partial charge on any atom is -0.387 e. The predicted molar refractivity (Wildman–Crippen MR) is 107 cm³/mol. The molecule has 1 amide bonds. The number of H-pyrrole nitrogens is 1. The summed E-state index contributed by atoms with van der Waals surface area (Å²) >= 11 is 0. The highest BCUT2D eigenvalue weighted by Gasteiger charge is 2.30. The minimum absolute atomic E-state index is 0.0668. The number of carbonyl (C=O) groups excluding carboxylic acids is 1. The van der Waals surface area contributed by atoms with Crippen LogP contribution in [-0.4, -0.2) is 39.0 Å². The fraction of sp³-hybridized carbons (Fsp3) is 0.318. The molecule has 0 unspecified atom stereocenters. The van der Waals surface area contributed by atoms with E-state index in [1.54, 1.807) is 11.1 Å². The number of hydrogen-bond acceptors (Lipinski definition) is 4. The fourth-order valence-electron chi connectivity index (χ4n) is 3.93. The van der Waals surface area contributed by atoms with Crippen LogP contribution in [0.5, 0.6) is 0 Å². The summed E-state index contributed by atoms with van der Waals surface area (Å²) in [5.74, 6) is -0.0652. The van der Waals surface area contributed by atoms with E-state index in [-0.39, 0.29) is 17.4 Å². The van der Waals surface area contributed by atoms with Crippen molar-refractivity contribution in [3.63, 3.8) is 0 Å². The molecule has 1 saturated heterocycles. The van der Waals surface area contributed by atoms with Gasteiger partial charge in [-0.3, -0.25) is 14.6 Å². The largest absolute Gasteiger partial charge is 0.387 e. The van der Waals surface area contributed by atoms with Gasteiger partial charge in [-0.2, -0.15) is 0 Å². The Bertz CT molecular complexity index is 1050. The van der Waals surface area contributed by atoms with Crippen LogP contribution in [0.4, 0.5) is 0 Å². The van der Waals surface area contributed by atoms with Crippen LogP contribution in [0.1, 0.15) is 40.6 Å². The summed E-state index contributed by atoms with van der Waals surface area (Å²) in [4.78, 5) is 33.9. The van der Waals surface area contributed by atoms with Gasteiger partial charge in [0.1, 0.15) is 0 Å². The normalized spacial score (nSPS) is 16.3. The average molecular weight is 377 g/mol. The van der Waals surface area contributed by atoms with E-state index in [2.05, 4.69) is 9.97 Å². The molecule has 28 heavy (non-hydrogen) atoms. The Labute approximate surface area is 162 Å². The maximum atomic E-state index is 13.1. The number of amides is 1. The molecule has 6 heteroatoms. The number of fused-ring (bicyclic) bond motifs is 1. The maximum Gasteiger partial charge on any atom is 0.254 e. The second kappa shape index (κ2) is 7.56.